The van der Waals surface area contributed by atoms with E-state index in [1.165, 1.54) is 12.8 Å². The van der Waals surface area contributed by atoms with Crippen molar-refractivity contribution >= 4 is 5.95 Å². The van der Waals surface area contributed by atoms with Gasteiger partial charge in [0.15, 0.2) is 0 Å². The molecular formula is C9H16N4. The van der Waals surface area contributed by atoms with Gasteiger partial charge in [0.2, 0.25) is 5.95 Å². The fraction of sp³-hybridized carbons (Fsp3) is 0.778. The summed E-state index contributed by atoms with van der Waals surface area (Å²) in [5, 5.41) is 7.60. The fourth-order valence-corrected chi connectivity index (χ4v) is 1.60. The largest absolute Gasteiger partial charge is 0.351 e. The molecule has 0 aromatic carbocycles. The highest BCUT2D eigenvalue weighted by Gasteiger charge is 2.13. The van der Waals surface area contributed by atoms with Gasteiger partial charge in [-0.05, 0) is 26.7 Å². The van der Waals surface area contributed by atoms with Crippen LogP contribution in [0.25, 0.3) is 0 Å². The Labute approximate surface area is 78.4 Å². The molecule has 2 heterocycles. The first-order valence-corrected chi connectivity index (χ1v) is 4.96. The second kappa shape index (κ2) is 3.36. The Morgan fingerprint density at radius 3 is 2.92 bits per heavy atom. The van der Waals surface area contributed by atoms with Crippen LogP contribution >= 0.6 is 0 Å². The molecule has 4 heteroatoms. The Hall–Kier alpha value is -1.06. The van der Waals surface area contributed by atoms with E-state index in [0.29, 0.717) is 6.04 Å². The van der Waals surface area contributed by atoms with Crippen molar-refractivity contribution in [2.75, 3.05) is 5.32 Å². The van der Waals surface area contributed by atoms with Crippen LogP contribution in [-0.2, 0) is 13.0 Å². The van der Waals surface area contributed by atoms with E-state index < -0.39 is 0 Å². The quantitative estimate of drug-likeness (QED) is 0.748. The van der Waals surface area contributed by atoms with Gasteiger partial charge in [-0.2, -0.15) is 4.98 Å². The minimum absolute atomic E-state index is 0.407. The van der Waals surface area contributed by atoms with E-state index in [9.17, 15) is 0 Å². The summed E-state index contributed by atoms with van der Waals surface area (Å²) in [6.45, 7) is 5.22. The van der Waals surface area contributed by atoms with Crippen LogP contribution in [0.1, 0.15) is 32.5 Å². The standard InChI is InChI=1S/C9H16N4/c1-7(2)10-9-11-8-5-3-4-6-13(8)12-9/h7H,3-6H2,1-2H3,(H,10,12). The zero-order valence-electron chi connectivity index (χ0n) is 8.25. The lowest BCUT2D eigenvalue weighted by molar-refractivity contribution is 0.480. The highest BCUT2D eigenvalue weighted by atomic mass is 15.4. The molecule has 1 aromatic heterocycles. The summed E-state index contributed by atoms with van der Waals surface area (Å²) in [5.74, 6) is 1.92. The molecule has 0 amide bonds. The van der Waals surface area contributed by atoms with E-state index in [4.69, 9.17) is 0 Å². The number of nitrogens with one attached hydrogen (secondary N) is 1. The topological polar surface area (TPSA) is 42.7 Å². The first kappa shape index (κ1) is 8.53. The van der Waals surface area contributed by atoms with Crippen molar-refractivity contribution in [3.63, 3.8) is 0 Å². The lowest BCUT2D eigenvalue weighted by Gasteiger charge is -2.09. The minimum atomic E-state index is 0.407. The van der Waals surface area contributed by atoms with Crippen molar-refractivity contribution in [1.29, 1.82) is 0 Å². The van der Waals surface area contributed by atoms with E-state index in [-0.39, 0.29) is 0 Å². The number of aromatic nitrogens is 3. The monoisotopic (exact) mass is 180 g/mol. The zero-order chi connectivity index (χ0) is 9.26. The van der Waals surface area contributed by atoms with Gasteiger partial charge in [-0.1, -0.05) is 0 Å². The molecule has 0 atom stereocenters. The summed E-state index contributed by atoms with van der Waals surface area (Å²) >= 11 is 0. The minimum Gasteiger partial charge on any atom is -0.351 e. The Balaban J connectivity index is 2.15. The average molecular weight is 180 g/mol. The maximum Gasteiger partial charge on any atom is 0.242 e. The van der Waals surface area contributed by atoms with Gasteiger partial charge in [-0.25, -0.2) is 4.68 Å². The van der Waals surface area contributed by atoms with E-state index >= 15 is 0 Å². The van der Waals surface area contributed by atoms with Gasteiger partial charge < -0.3 is 5.32 Å². The first-order chi connectivity index (χ1) is 6.25. The molecule has 0 radical (unpaired) electrons. The third-order valence-corrected chi connectivity index (χ3v) is 2.19. The van der Waals surface area contributed by atoms with Crippen molar-refractivity contribution in [2.45, 2.75) is 45.7 Å². The van der Waals surface area contributed by atoms with Crippen LogP contribution in [0.3, 0.4) is 0 Å². The number of hydrogen-bond acceptors (Lipinski definition) is 3. The number of rotatable bonds is 2. The van der Waals surface area contributed by atoms with Gasteiger partial charge in [0, 0.05) is 19.0 Å². The van der Waals surface area contributed by atoms with Crippen LogP contribution < -0.4 is 5.32 Å². The SMILES string of the molecule is CC(C)Nc1nc2n(n1)CCCC2. The maximum absolute atomic E-state index is 4.43. The Morgan fingerprint density at radius 2 is 2.23 bits per heavy atom. The van der Waals surface area contributed by atoms with Gasteiger partial charge in [0.05, 0.1) is 0 Å². The van der Waals surface area contributed by atoms with Gasteiger partial charge in [-0.15, -0.1) is 5.10 Å². The molecule has 2 rings (SSSR count). The number of nitrogens with zero attached hydrogens (tertiary/aromatic N) is 3. The molecule has 0 aliphatic carbocycles. The van der Waals surface area contributed by atoms with Crippen molar-refractivity contribution in [3.05, 3.63) is 5.82 Å². The van der Waals surface area contributed by atoms with Crippen molar-refractivity contribution < 1.29 is 0 Å². The number of aryl methyl sites for hydroxylation is 2. The van der Waals surface area contributed by atoms with E-state index in [1.807, 2.05) is 4.68 Å². The summed E-state index contributed by atoms with van der Waals surface area (Å²) in [7, 11) is 0. The molecule has 0 unspecified atom stereocenters. The maximum atomic E-state index is 4.43. The molecule has 1 N–H and O–H groups in total. The first-order valence-electron chi connectivity index (χ1n) is 4.96. The van der Waals surface area contributed by atoms with E-state index in [1.54, 1.807) is 0 Å². The highest BCUT2D eigenvalue weighted by Crippen LogP contribution is 2.14. The summed E-state index contributed by atoms with van der Waals surface area (Å²) in [6, 6.07) is 0.407. The van der Waals surface area contributed by atoms with Gasteiger partial charge in [-0.3, -0.25) is 0 Å². The smallest absolute Gasteiger partial charge is 0.242 e. The molecule has 0 bridgehead atoms. The summed E-state index contributed by atoms with van der Waals surface area (Å²) in [5.41, 5.74) is 0. The van der Waals surface area contributed by atoms with E-state index in [0.717, 1.165) is 24.7 Å². The molecule has 1 aromatic rings. The molecule has 0 fully saturated rings. The van der Waals surface area contributed by atoms with Gasteiger partial charge in [0.1, 0.15) is 5.82 Å². The van der Waals surface area contributed by atoms with Crippen LogP contribution in [0.4, 0.5) is 5.95 Å². The number of hydrogen-bond donors (Lipinski definition) is 1. The molecule has 0 saturated carbocycles. The molecule has 4 nitrogen and oxygen atoms in total. The molecule has 0 spiro atoms. The predicted molar refractivity (Wildman–Crippen MR) is 51.7 cm³/mol. The van der Waals surface area contributed by atoms with Crippen LogP contribution in [0.15, 0.2) is 0 Å². The Kier molecular flexibility index (Phi) is 2.20. The van der Waals surface area contributed by atoms with Gasteiger partial charge in [0.25, 0.3) is 0 Å². The normalized spacial score (nSPS) is 15.9. The van der Waals surface area contributed by atoms with Crippen LogP contribution in [-0.4, -0.2) is 20.8 Å². The van der Waals surface area contributed by atoms with Crippen LogP contribution in [0, 0.1) is 0 Å². The highest BCUT2D eigenvalue weighted by molar-refractivity contribution is 5.24. The van der Waals surface area contributed by atoms with Crippen molar-refractivity contribution in [3.8, 4) is 0 Å². The lowest BCUT2D eigenvalue weighted by atomic mass is 10.2. The molecule has 0 saturated heterocycles. The summed E-state index contributed by atoms with van der Waals surface area (Å²) in [4.78, 5) is 4.43. The lowest BCUT2D eigenvalue weighted by Crippen LogP contribution is -2.12. The molecular weight excluding hydrogens is 164 g/mol. The molecule has 1 aliphatic heterocycles. The third-order valence-electron chi connectivity index (χ3n) is 2.19. The summed E-state index contributed by atoms with van der Waals surface area (Å²) in [6.07, 6.45) is 3.56. The second-order valence-electron chi connectivity index (χ2n) is 3.83. The average Bonchev–Trinajstić information content (AvgIpc) is 2.44. The van der Waals surface area contributed by atoms with Crippen LogP contribution in [0.2, 0.25) is 0 Å². The third kappa shape index (κ3) is 1.82. The van der Waals surface area contributed by atoms with Gasteiger partial charge >= 0.3 is 0 Å². The Morgan fingerprint density at radius 1 is 1.38 bits per heavy atom. The van der Waals surface area contributed by atoms with E-state index in [2.05, 4.69) is 29.2 Å². The second-order valence-corrected chi connectivity index (χ2v) is 3.83. The zero-order valence-corrected chi connectivity index (χ0v) is 8.25. The number of fused-ring (bicyclic) bond motifs is 1. The summed E-state index contributed by atoms with van der Waals surface area (Å²) < 4.78 is 2.02. The molecule has 72 valence electrons. The van der Waals surface area contributed by atoms with Crippen molar-refractivity contribution in [2.24, 2.45) is 0 Å². The number of anilines is 1. The van der Waals surface area contributed by atoms with Crippen LogP contribution in [0.5, 0.6) is 0 Å². The fourth-order valence-electron chi connectivity index (χ4n) is 1.60. The molecule has 1 aliphatic rings. The Bertz CT molecular complexity index is 266. The van der Waals surface area contributed by atoms with Crippen molar-refractivity contribution in [1.82, 2.24) is 14.8 Å². The molecule has 13 heavy (non-hydrogen) atoms. The predicted octanol–water partition coefficient (Wildman–Crippen LogP) is 1.43.